The Bertz CT molecular complexity index is 1120. The Labute approximate surface area is 209 Å². The third kappa shape index (κ3) is 5.36. The molecule has 2 aliphatic rings. The van der Waals surface area contributed by atoms with Gasteiger partial charge in [0.2, 0.25) is 6.29 Å². The van der Waals surface area contributed by atoms with E-state index < -0.39 is 30.2 Å². The molecule has 1 heterocycles. The quantitative estimate of drug-likeness (QED) is 0.319. The summed E-state index contributed by atoms with van der Waals surface area (Å²) >= 11 is 6.50. The van der Waals surface area contributed by atoms with Crippen molar-refractivity contribution in [2.45, 2.75) is 45.4 Å². The fraction of sp³-hybridized carbons (Fsp3) is 0.400. The van der Waals surface area contributed by atoms with Crippen molar-refractivity contribution in [1.82, 2.24) is 14.8 Å². The molecule has 1 saturated carbocycles. The second kappa shape index (κ2) is 10.1. The van der Waals surface area contributed by atoms with Gasteiger partial charge >= 0.3 is 18.0 Å². The lowest BCUT2D eigenvalue weighted by atomic mass is 10.1. The van der Waals surface area contributed by atoms with Crippen LogP contribution in [0.4, 0.5) is 15.3 Å². The summed E-state index contributed by atoms with van der Waals surface area (Å²) in [4.78, 5) is 41.0. The number of imide groups is 1. The molecule has 3 N–H and O–H groups in total. The molecular weight excluding hydrogens is 470 g/mol. The molecule has 0 aromatic heterocycles. The van der Waals surface area contributed by atoms with Crippen molar-refractivity contribution in [3.63, 3.8) is 0 Å². The molecule has 186 valence electrons. The molecule has 10 heteroatoms. The second-order valence-corrected chi connectivity index (χ2v) is 9.56. The van der Waals surface area contributed by atoms with Gasteiger partial charge in [0, 0.05) is 17.3 Å². The number of anilines is 1. The van der Waals surface area contributed by atoms with Crippen LogP contribution in [0, 0.1) is 12.8 Å². The summed E-state index contributed by atoms with van der Waals surface area (Å²) in [5.74, 6) is 5.50. The minimum atomic E-state index is -0.969. The van der Waals surface area contributed by atoms with Gasteiger partial charge in [-0.25, -0.2) is 25.3 Å². The Morgan fingerprint density at radius 3 is 2.46 bits per heavy atom. The smallest absolute Gasteiger partial charge is 0.345 e. The standard InChI is InChI=1S/C25H30ClN5O4/c1-15-4-6-17(7-5-15)14-29-23(28-19-10-11-20(18-8-9-18)21(26)12-19)31(27)25(34)30(24(29)33)13-16(2)22(32)35-3/h4-7,10-12,16,18,23,28H,8-9,13-14,27H2,1-3H3/t16-,23?/m0/s1. The van der Waals surface area contributed by atoms with Gasteiger partial charge in [-0.2, -0.15) is 0 Å². The van der Waals surface area contributed by atoms with E-state index in [1.165, 1.54) is 12.0 Å². The number of amides is 4. The third-order valence-corrected chi connectivity index (χ3v) is 6.66. The number of nitrogens with one attached hydrogen (secondary N) is 1. The van der Waals surface area contributed by atoms with Crippen LogP contribution in [0.1, 0.15) is 42.4 Å². The van der Waals surface area contributed by atoms with Crippen molar-refractivity contribution in [2.24, 2.45) is 11.8 Å². The second-order valence-electron chi connectivity index (χ2n) is 9.15. The van der Waals surface area contributed by atoms with E-state index in [-0.39, 0.29) is 13.1 Å². The maximum absolute atomic E-state index is 13.5. The van der Waals surface area contributed by atoms with Gasteiger partial charge in [-0.05, 0) is 48.9 Å². The summed E-state index contributed by atoms with van der Waals surface area (Å²) in [5, 5.41) is 4.78. The maximum atomic E-state index is 13.5. The Hall–Kier alpha value is -3.30. The first-order valence-corrected chi connectivity index (χ1v) is 11.9. The zero-order valence-electron chi connectivity index (χ0n) is 20.0. The predicted molar refractivity (Wildman–Crippen MR) is 132 cm³/mol. The number of aryl methyl sites for hydroxylation is 1. The number of carbonyl (C=O) groups excluding carboxylic acids is 3. The first-order valence-electron chi connectivity index (χ1n) is 11.5. The van der Waals surface area contributed by atoms with Gasteiger partial charge in [0.05, 0.1) is 19.6 Å². The summed E-state index contributed by atoms with van der Waals surface area (Å²) in [5.41, 5.74) is 3.67. The number of hydrogen-bond acceptors (Lipinski definition) is 6. The molecule has 2 aromatic carbocycles. The first-order chi connectivity index (χ1) is 16.7. The number of benzene rings is 2. The predicted octanol–water partition coefficient (Wildman–Crippen LogP) is 4.26. The lowest BCUT2D eigenvalue weighted by Gasteiger charge is -2.45. The highest BCUT2D eigenvalue weighted by atomic mass is 35.5. The van der Waals surface area contributed by atoms with Gasteiger partial charge in [0.15, 0.2) is 0 Å². The van der Waals surface area contributed by atoms with E-state index in [4.69, 9.17) is 22.2 Å². The normalized spacial score (nSPS) is 19.1. The zero-order chi connectivity index (χ0) is 25.3. The van der Waals surface area contributed by atoms with Crippen molar-refractivity contribution in [2.75, 3.05) is 19.0 Å². The molecule has 1 aliphatic heterocycles. The molecule has 1 aliphatic carbocycles. The number of nitrogens with two attached hydrogens (primary N) is 1. The van der Waals surface area contributed by atoms with Crippen LogP contribution < -0.4 is 11.2 Å². The Morgan fingerprint density at radius 2 is 1.86 bits per heavy atom. The van der Waals surface area contributed by atoms with Crippen molar-refractivity contribution in [3.05, 3.63) is 64.2 Å². The van der Waals surface area contributed by atoms with Crippen LogP contribution in [0.5, 0.6) is 0 Å². The molecule has 2 fully saturated rings. The number of halogens is 1. The summed E-state index contributed by atoms with van der Waals surface area (Å²) in [6.07, 6.45) is 1.28. The average Bonchev–Trinajstić information content (AvgIpc) is 3.68. The van der Waals surface area contributed by atoms with Gasteiger partial charge in [0.25, 0.3) is 0 Å². The molecule has 2 aromatic rings. The van der Waals surface area contributed by atoms with E-state index in [1.54, 1.807) is 13.0 Å². The largest absolute Gasteiger partial charge is 0.469 e. The van der Waals surface area contributed by atoms with Gasteiger partial charge in [0.1, 0.15) is 0 Å². The van der Waals surface area contributed by atoms with Crippen molar-refractivity contribution < 1.29 is 19.1 Å². The summed E-state index contributed by atoms with van der Waals surface area (Å²) < 4.78 is 4.76. The number of esters is 1. The van der Waals surface area contributed by atoms with E-state index in [0.717, 1.165) is 39.4 Å². The maximum Gasteiger partial charge on any atom is 0.345 e. The summed E-state index contributed by atoms with van der Waals surface area (Å²) in [6, 6.07) is 12.1. The van der Waals surface area contributed by atoms with E-state index in [0.29, 0.717) is 16.6 Å². The van der Waals surface area contributed by atoms with Gasteiger partial charge in [-0.15, -0.1) is 0 Å². The molecule has 0 radical (unpaired) electrons. The monoisotopic (exact) mass is 499 g/mol. The molecule has 35 heavy (non-hydrogen) atoms. The SMILES string of the molecule is COC(=O)[C@@H](C)CN1C(=O)N(N)C(Nc2ccc(C3CC3)c(Cl)c2)N(Cc2ccc(C)cc2)C1=O. The summed E-state index contributed by atoms with van der Waals surface area (Å²) in [7, 11) is 1.26. The van der Waals surface area contributed by atoms with Crippen LogP contribution in [-0.2, 0) is 16.1 Å². The highest BCUT2D eigenvalue weighted by Crippen LogP contribution is 2.43. The van der Waals surface area contributed by atoms with Gasteiger partial charge < -0.3 is 10.1 Å². The van der Waals surface area contributed by atoms with Crippen molar-refractivity contribution in [1.29, 1.82) is 0 Å². The molecule has 0 bridgehead atoms. The molecule has 9 nitrogen and oxygen atoms in total. The Morgan fingerprint density at radius 1 is 1.17 bits per heavy atom. The van der Waals surface area contributed by atoms with Gasteiger partial charge in [-0.1, -0.05) is 54.4 Å². The van der Waals surface area contributed by atoms with Crippen molar-refractivity contribution >= 4 is 35.3 Å². The molecule has 1 saturated heterocycles. The number of hydrogen-bond donors (Lipinski definition) is 2. The van der Waals surface area contributed by atoms with E-state index >= 15 is 0 Å². The molecule has 0 spiro atoms. The number of nitrogens with zero attached hydrogens (tertiary/aromatic N) is 3. The Balaban J connectivity index is 1.62. The Kier molecular flexibility index (Phi) is 7.18. The van der Waals surface area contributed by atoms with E-state index in [1.807, 2.05) is 43.3 Å². The number of rotatable bonds is 8. The van der Waals surface area contributed by atoms with Crippen LogP contribution >= 0.6 is 11.6 Å². The number of urea groups is 2. The third-order valence-electron chi connectivity index (χ3n) is 6.33. The number of ether oxygens (including phenoxy) is 1. The van der Waals surface area contributed by atoms with Crippen molar-refractivity contribution in [3.8, 4) is 0 Å². The molecule has 1 unspecified atom stereocenters. The highest BCUT2D eigenvalue weighted by Gasteiger charge is 2.44. The number of methoxy groups -OCH3 is 1. The van der Waals surface area contributed by atoms with Crippen LogP contribution in [0.3, 0.4) is 0 Å². The molecule has 4 rings (SSSR count). The molecule has 4 amide bonds. The van der Waals surface area contributed by atoms with Gasteiger partial charge in [-0.3, -0.25) is 9.69 Å². The van der Waals surface area contributed by atoms with Crippen LogP contribution in [0.25, 0.3) is 0 Å². The fourth-order valence-corrected chi connectivity index (χ4v) is 4.46. The topological polar surface area (TPSA) is 108 Å². The average molecular weight is 500 g/mol. The van der Waals surface area contributed by atoms with Crippen LogP contribution in [-0.4, -0.2) is 52.8 Å². The summed E-state index contributed by atoms with van der Waals surface area (Å²) in [6.45, 7) is 3.60. The van der Waals surface area contributed by atoms with E-state index in [2.05, 4.69) is 5.32 Å². The lowest BCUT2D eigenvalue weighted by molar-refractivity contribution is -0.145. The fourth-order valence-electron chi connectivity index (χ4n) is 4.12. The van der Waals surface area contributed by atoms with Crippen LogP contribution in [0.15, 0.2) is 42.5 Å². The highest BCUT2D eigenvalue weighted by molar-refractivity contribution is 6.31. The number of carbonyl (C=O) groups is 3. The first kappa shape index (κ1) is 24.8. The lowest BCUT2D eigenvalue weighted by Crippen LogP contribution is -2.70. The molecule has 2 atom stereocenters. The number of hydrazine groups is 1. The van der Waals surface area contributed by atoms with E-state index in [9.17, 15) is 14.4 Å². The minimum Gasteiger partial charge on any atom is -0.469 e. The van der Waals surface area contributed by atoms with Crippen LogP contribution in [0.2, 0.25) is 5.02 Å². The molecular formula is C25H30ClN5O4. The zero-order valence-corrected chi connectivity index (χ0v) is 20.8. The minimum absolute atomic E-state index is 0.156.